The molecule has 1 heterocycles. The minimum absolute atomic E-state index is 0.215. The van der Waals surface area contributed by atoms with Crippen molar-refractivity contribution in [1.82, 2.24) is 0 Å². The van der Waals surface area contributed by atoms with E-state index in [4.69, 9.17) is 26.3 Å². The van der Waals surface area contributed by atoms with Crippen LogP contribution in [-0.2, 0) is 9.47 Å². The summed E-state index contributed by atoms with van der Waals surface area (Å²) < 4.78 is 10.5. The molecule has 12 heavy (non-hydrogen) atoms. The van der Waals surface area contributed by atoms with Crippen molar-refractivity contribution < 1.29 is 9.47 Å². The van der Waals surface area contributed by atoms with Gasteiger partial charge in [0.15, 0.2) is 0 Å². The zero-order valence-electron chi connectivity index (χ0n) is 6.83. The van der Waals surface area contributed by atoms with Crippen molar-refractivity contribution in [2.45, 2.75) is 24.3 Å². The van der Waals surface area contributed by atoms with E-state index in [1.54, 1.807) is 0 Å². The molecule has 1 aliphatic rings. The fourth-order valence-electron chi connectivity index (χ4n) is 1.12. The number of hydrogen-bond acceptors (Lipinski definition) is 3. The molecule has 4 heteroatoms. The van der Waals surface area contributed by atoms with E-state index in [1.807, 2.05) is 6.07 Å². The molecule has 0 aromatic rings. The molecule has 3 nitrogen and oxygen atoms in total. The third kappa shape index (κ3) is 3.40. The van der Waals surface area contributed by atoms with Gasteiger partial charge in [-0.05, 0) is 12.8 Å². The van der Waals surface area contributed by atoms with E-state index in [1.165, 1.54) is 0 Å². The average Bonchev–Trinajstić information content (AvgIpc) is 2.57. The molecule has 1 fully saturated rings. The lowest BCUT2D eigenvalue weighted by Gasteiger charge is -2.09. The number of ether oxygens (including phenoxy) is 2. The van der Waals surface area contributed by atoms with Crippen molar-refractivity contribution >= 4 is 11.6 Å². The number of hydrogen-bond donors (Lipinski definition) is 0. The SMILES string of the molecule is N#CC(Cl)COCC1CCCO1. The highest BCUT2D eigenvalue weighted by Crippen LogP contribution is 2.12. The largest absolute Gasteiger partial charge is 0.376 e. The van der Waals surface area contributed by atoms with Crippen LogP contribution in [0.4, 0.5) is 0 Å². The molecular weight excluding hydrogens is 178 g/mol. The van der Waals surface area contributed by atoms with Crippen molar-refractivity contribution in [2.24, 2.45) is 0 Å². The molecule has 1 saturated heterocycles. The Kier molecular flexibility index (Phi) is 4.37. The predicted molar refractivity (Wildman–Crippen MR) is 45.0 cm³/mol. The first-order valence-corrected chi connectivity index (χ1v) is 4.49. The minimum Gasteiger partial charge on any atom is -0.376 e. The van der Waals surface area contributed by atoms with Crippen molar-refractivity contribution in [2.75, 3.05) is 19.8 Å². The van der Waals surface area contributed by atoms with Crippen LogP contribution in [-0.4, -0.2) is 31.3 Å². The summed E-state index contributed by atoms with van der Waals surface area (Å²) in [5.74, 6) is 0. The molecule has 0 spiro atoms. The molecule has 2 unspecified atom stereocenters. The minimum atomic E-state index is -0.536. The van der Waals surface area contributed by atoms with Crippen molar-refractivity contribution in [1.29, 1.82) is 5.26 Å². The molecule has 0 amide bonds. The molecule has 0 radical (unpaired) electrons. The first-order chi connectivity index (χ1) is 5.83. The van der Waals surface area contributed by atoms with Gasteiger partial charge in [0, 0.05) is 6.61 Å². The van der Waals surface area contributed by atoms with E-state index < -0.39 is 5.38 Å². The lowest BCUT2D eigenvalue weighted by Crippen LogP contribution is -2.17. The summed E-state index contributed by atoms with van der Waals surface area (Å²) >= 11 is 5.52. The zero-order valence-corrected chi connectivity index (χ0v) is 7.59. The maximum absolute atomic E-state index is 8.33. The lowest BCUT2D eigenvalue weighted by atomic mass is 10.2. The van der Waals surface area contributed by atoms with E-state index in [0.29, 0.717) is 6.61 Å². The van der Waals surface area contributed by atoms with Gasteiger partial charge in [0.2, 0.25) is 0 Å². The topological polar surface area (TPSA) is 42.2 Å². The average molecular weight is 190 g/mol. The van der Waals surface area contributed by atoms with E-state index in [2.05, 4.69) is 0 Å². The summed E-state index contributed by atoms with van der Waals surface area (Å²) in [6, 6.07) is 1.89. The Morgan fingerprint density at radius 3 is 3.17 bits per heavy atom. The van der Waals surface area contributed by atoms with Gasteiger partial charge < -0.3 is 9.47 Å². The molecule has 0 bridgehead atoms. The Morgan fingerprint density at radius 2 is 2.58 bits per heavy atom. The smallest absolute Gasteiger partial charge is 0.143 e. The number of nitrogens with zero attached hydrogens (tertiary/aromatic N) is 1. The Labute approximate surface area is 77.2 Å². The highest BCUT2D eigenvalue weighted by atomic mass is 35.5. The Bertz CT molecular complexity index is 163. The van der Waals surface area contributed by atoms with Crippen LogP contribution in [0.1, 0.15) is 12.8 Å². The van der Waals surface area contributed by atoms with Crippen molar-refractivity contribution in [3.8, 4) is 6.07 Å². The Morgan fingerprint density at radius 1 is 1.75 bits per heavy atom. The first kappa shape index (κ1) is 9.79. The lowest BCUT2D eigenvalue weighted by molar-refractivity contribution is 0.0197. The number of alkyl halides is 1. The van der Waals surface area contributed by atoms with Crippen LogP contribution in [0, 0.1) is 11.3 Å². The van der Waals surface area contributed by atoms with E-state index in [0.717, 1.165) is 19.4 Å². The summed E-state index contributed by atoms with van der Waals surface area (Å²) in [6.07, 6.45) is 2.38. The normalized spacial score (nSPS) is 25.2. The number of halogens is 1. The second-order valence-corrected chi connectivity index (χ2v) is 3.30. The Hall–Kier alpha value is -0.300. The van der Waals surface area contributed by atoms with Crippen LogP contribution in [0.5, 0.6) is 0 Å². The van der Waals surface area contributed by atoms with Crippen LogP contribution in [0.2, 0.25) is 0 Å². The molecule has 68 valence electrons. The molecule has 0 aliphatic carbocycles. The van der Waals surface area contributed by atoms with Gasteiger partial charge in [0.25, 0.3) is 0 Å². The van der Waals surface area contributed by atoms with E-state index >= 15 is 0 Å². The third-order valence-corrected chi connectivity index (χ3v) is 1.96. The highest BCUT2D eigenvalue weighted by Gasteiger charge is 2.15. The quantitative estimate of drug-likeness (QED) is 0.627. The fourth-order valence-corrected chi connectivity index (χ4v) is 1.21. The maximum atomic E-state index is 8.33. The molecule has 2 atom stereocenters. The van der Waals surface area contributed by atoms with Crippen molar-refractivity contribution in [3.05, 3.63) is 0 Å². The van der Waals surface area contributed by atoms with Gasteiger partial charge in [0.05, 0.1) is 25.4 Å². The van der Waals surface area contributed by atoms with Gasteiger partial charge in [-0.1, -0.05) is 0 Å². The summed E-state index contributed by atoms with van der Waals surface area (Å²) in [5.41, 5.74) is 0. The number of rotatable bonds is 4. The van der Waals surface area contributed by atoms with Crippen molar-refractivity contribution in [3.63, 3.8) is 0 Å². The summed E-state index contributed by atoms with van der Waals surface area (Å²) in [7, 11) is 0. The monoisotopic (exact) mass is 189 g/mol. The summed E-state index contributed by atoms with van der Waals surface area (Å²) in [4.78, 5) is 0. The Balaban J connectivity index is 1.98. The van der Waals surface area contributed by atoms with E-state index in [9.17, 15) is 0 Å². The van der Waals surface area contributed by atoms with Gasteiger partial charge >= 0.3 is 0 Å². The van der Waals surface area contributed by atoms with Crippen LogP contribution < -0.4 is 0 Å². The van der Waals surface area contributed by atoms with Crippen LogP contribution in [0.3, 0.4) is 0 Å². The first-order valence-electron chi connectivity index (χ1n) is 4.06. The molecule has 0 aromatic carbocycles. The molecule has 0 saturated carbocycles. The fraction of sp³-hybridized carbons (Fsp3) is 0.875. The molecule has 0 aromatic heterocycles. The second-order valence-electron chi connectivity index (χ2n) is 2.77. The van der Waals surface area contributed by atoms with Gasteiger partial charge in [-0.15, -0.1) is 11.6 Å². The molecule has 1 aliphatic heterocycles. The molecule has 0 N–H and O–H groups in total. The van der Waals surface area contributed by atoms with E-state index in [-0.39, 0.29) is 12.7 Å². The standard InChI is InChI=1S/C8H12ClNO2/c9-7(4-10)5-11-6-8-2-1-3-12-8/h7-8H,1-3,5-6H2. The van der Waals surface area contributed by atoms with Gasteiger partial charge in [-0.3, -0.25) is 0 Å². The summed E-state index contributed by atoms with van der Waals surface area (Å²) in [6.45, 7) is 1.68. The highest BCUT2D eigenvalue weighted by molar-refractivity contribution is 6.22. The zero-order chi connectivity index (χ0) is 8.81. The van der Waals surface area contributed by atoms with Gasteiger partial charge in [-0.25, -0.2) is 0 Å². The molecular formula is C8H12ClNO2. The third-order valence-electron chi connectivity index (χ3n) is 1.73. The summed E-state index contributed by atoms with van der Waals surface area (Å²) in [5, 5.41) is 7.80. The predicted octanol–water partition coefficient (Wildman–Crippen LogP) is 1.31. The number of nitriles is 1. The van der Waals surface area contributed by atoms with Gasteiger partial charge in [0.1, 0.15) is 5.38 Å². The van der Waals surface area contributed by atoms with Crippen LogP contribution >= 0.6 is 11.6 Å². The second kappa shape index (κ2) is 5.36. The van der Waals surface area contributed by atoms with Gasteiger partial charge in [-0.2, -0.15) is 5.26 Å². The maximum Gasteiger partial charge on any atom is 0.143 e. The van der Waals surface area contributed by atoms with Crippen LogP contribution in [0.25, 0.3) is 0 Å². The van der Waals surface area contributed by atoms with Crippen LogP contribution in [0.15, 0.2) is 0 Å². The molecule has 1 rings (SSSR count).